The van der Waals surface area contributed by atoms with Gasteiger partial charge in [0.25, 0.3) is 0 Å². The van der Waals surface area contributed by atoms with E-state index in [2.05, 4.69) is 15.1 Å². The summed E-state index contributed by atoms with van der Waals surface area (Å²) in [4.78, 5) is 37.1. The molecule has 2 amide bonds. The summed E-state index contributed by atoms with van der Waals surface area (Å²) in [6.45, 7) is 4.65. The molecule has 1 atom stereocenters. The van der Waals surface area contributed by atoms with E-state index in [4.69, 9.17) is 0 Å². The highest BCUT2D eigenvalue weighted by molar-refractivity contribution is 6.06. The van der Waals surface area contributed by atoms with Crippen LogP contribution in [0.4, 0.5) is 11.4 Å². The molecular formula is C23H24N6O2. The van der Waals surface area contributed by atoms with Gasteiger partial charge in [-0.15, -0.1) is 0 Å². The molecule has 0 spiro atoms. The number of hydrogen-bond donors (Lipinski definition) is 0. The number of fused-ring (bicyclic) bond motifs is 1. The van der Waals surface area contributed by atoms with Crippen molar-refractivity contribution >= 4 is 23.2 Å². The maximum absolute atomic E-state index is 13.0. The minimum Gasteiger partial charge on any atom is -0.308 e. The highest BCUT2D eigenvalue weighted by Gasteiger charge is 2.39. The summed E-state index contributed by atoms with van der Waals surface area (Å²) in [5.41, 5.74) is 4.46. The Labute approximate surface area is 180 Å². The first-order chi connectivity index (χ1) is 15.0. The minimum absolute atomic E-state index is 0.0158. The summed E-state index contributed by atoms with van der Waals surface area (Å²) in [6, 6.07) is 5.87. The van der Waals surface area contributed by atoms with Crippen molar-refractivity contribution in [2.45, 2.75) is 39.3 Å². The Hall–Kier alpha value is -3.55. The van der Waals surface area contributed by atoms with Crippen LogP contribution in [0, 0.1) is 5.92 Å². The zero-order chi connectivity index (χ0) is 21.5. The van der Waals surface area contributed by atoms with E-state index in [0.717, 1.165) is 40.9 Å². The van der Waals surface area contributed by atoms with Gasteiger partial charge in [0.2, 0.25) is 11.8 Å². The van der Waals surface area contributed by atoms with Gasteiger partial charge in [0.1, 0.15) is 6.33 Å². The van der Waals surface area contributed by atoms with Gasteiger partial charge in [-0.3, -0.25) is 14.3 Å². The maximum Gasteiger partial charge on any atom is 0.230 e. The summed E-state index contributed by atoms with van der Waals surface area (Å²) in [5.74, 6) is 0.259. The number of nitrogens with zero attached hydrogens (tertiary/aromatic N) is 6. The Bertz CT molecular complexity index is 1140. The summed E-state index contributed by atoms with van der Waals surface area (Å²) >= 11 is 0. The Morgan fingerprint density at radius 3 is 2.55 bits per heavy atom. The maximum atomic E-state index is 13.0. The molecule has 8 heteroatoms. The van der Waals surface area contributed by atoms with Crippen LogP contribution in [0.25, 0.3) is 11.1 Å². The number of rotatable bonds is 4. The van der Waals surface area contributed by atoms with Crippen molar-refractivity contribution in [3.05, 3.63) is 54.9 Å². The number of aromatic nitrogens is 4. The molecule has 2 aliphatic rings. The normalized spacial score (nSPS) is 18.1. The van der Waals surface area contributed by atoms with E-state index < -0.39 is 0 Å². The monoisotopic (exact) mass is 416 g/mol. The van der Waals surface area contributed by atoms with Gasteiger partial charge < -0.3 is 9.80 Å². The van der Waals surface area contributed by atoms with Crippen molar-refractivity contribution in [3.63, 3.8) is 0 Å². The van der Waals surface area contributed by atoms with Crippen molar-refractivity contribution in [2.24, 2.45) is 5.92 Å². The van der Waals surface area contributed by atoms with Crippen LogP contribution in [-0.4, -0.2) is 44.1 Å². The Morgan fingerprint density at radius 1 is 1.06 bits per heavy atom. The molecule has 2 aromatic heterocycles. The first-order valence-electron chi connectivity index (χ1n) is 10.5. The fourth-order valence-corrected chi connectivity index (χ4v) is 4.24. The predicted octanol–water partition coefficient (Wildman–Crippen LogP) is 2.89. The third kappa shape index (κ3) is 3.69. The second kappa shape index (κ2) is 7.61. The van der Waals surface area contributed by atoms with E-state index in [9.17, 15) is 9.59 Å². The Balaban J connectivity index is 1.50. The standard InChI is InChI=1S/C23H24N6O2/c1-15-11-28(23(31)18-3-4-18)22-7-19(5-6-21(22)29(15)16(2)30)20-10-26-27(13-20)12-17-8-24-14-25-9-17/h5-10,13-15,18H,3-4,11-12H2,1-2H3. The number of anilines is 2. The third-order valence-electron chi connectivity index (χ3n) is 5.87. The summed E-state index contributed by atoms with van der Waals surface area (Å²) in [6.07, 6.45) is 10.7. The molecule has 31 heavy (non-hydrogen) atoms. The molecule has 0 N–H and O–H groups in total. The van der Waals surface area contributed by atoms with Crippen molar-refractivity contribution in [1.29, 1.82) is 0 Å². The van der Waals surface area contributed by atoms with Gasteiger partial charge in [-0.2, -0.15) is 5.10 Å². The molecule has 3 heterocycles. The smallest absolute Gasteiger partial charge is 0.230 e. The number of carbonyl (C=O) groups is 2. The second-order valence-electron chi connectivity index (χ2n) is 8.34. The number of carbonyl (C=O) groups excluding carboxylic acids is 2. The zero-order valence-corrected chi connectivity index (χ0v) is 17.6. The molecule has 1 aromatic carbocycles. The van der Waals surface area contributed by atoms with E-state index in [1.54, 1.807) is 24.2 Å². The molecule has 1 unspecified atom stereocenters. The largest absolute Gasteiger partial charge is 0.308 e. The van der Waals surface area contributed by atoms with Gasteiger partial charge in [0, 0.05) is 49.1 Å². The molecule has 8 nitrogen and oxygen atoms in total. The molecule has 1 aliphatic carbocycles. The lowest BCUT2D eigenvalue weighted by Crippen LogP contribution is -2.51. The van der Waals surface area contributed by atoms with Crippen molar-refractivity contribution in [3.8, 4) is 11.1 Å². The van der Waals surface area contributed by atoms with Crippen LogP contribution in [0.3, 0.4) is 0 Å². The summed E-state index contributed by atoms with van der Waals surface area (Å²) < 4.78 is 1.84. The fraction of sp³-hybridized carbons (Fsp3) is 0.348. The van der Waals surface area contributed by atoms with Crippen LogP contribution in [0.15, 0.2) is 49.3 Å². The third-order valence-corrected chi connectivity index (χ3v) is 5.87. The van der Waals surface area contributed by atoms with Crippen molar-refractivity contribution < 1.29 is 9.59 Å². The first-order valence-corrected chi connectivity index (χ1v) is 10.5. The molecule has 0 saturated heterocycles. The van der Waals surface area contributed by atoms with Crippen LogP contribution in [-0.2, 0) is 16.1 Å². The minimum atomic E-state index is -0.0607. The van der Waals surface area contributed by atoms with Gasteiger partial charge in [-0.1, -0.05) is 6.07 Å². The molecule has 1 fully saturated rings. The lowest BCUT2D eigenvalue weighted by atomic mass is 10.0. The predicted molar refractivity (Wildman–Crippen MR) is 116 cm³/mol. The molecule has 1 saturated carbocycles. The molecule has 1 aliphatic heterocycles. The van der Waals surface area contributed by atoms with Gasteiger partial charge in [-0.05, 0) is 37.5 Å². The van der Waals surface area contributed by atoms with Crippen molar-refractivity contribution in [1.82, 2.24) is 19.7 Å². The van der Waals surface area contributed by atoms with E-state index in [0.29, 0.717) is 13.1 Å². The van der Waals surface area contributed by atoms with Crippen LogP contribution in [0.5, 0.6) is 0 Å². The quantitative estimate of drug-likeness (QED) is 0.653. The van der Waals surface area contributed by atoms with Crippen molar-refractivity contribution in [2.75, 3.05) is 16.3 Å². The Kier molecular flexibility index (Phi) is 4.77. The summed E-state index contributed by atoms with van der Waals surface area (Å²) in [7, 11) is 0. The van der Waals surface area contributed by atoms with Crippen LogP contribution in [0.1, 0.15) is 32.3 Å². The second-order valence-corrected chi connectivity index (χ2v) is 8.34. The number of hydrogen-bond acceptors (Lipinski definition) is 5. The highest BCUT2D eigenvalue weighted by atomic mass is 16.2. The SMILES string of the molecule is CC(=O)N1c2ccc(-c3cnn(Cc4cncnc4)c3)cc2N(C(=O)C2CC2)CC1C. The van der Waals surface area contributed by atoms with Gasteiger partial charge in [-0.25, -0.2) is 9.97 Å². The topological polar surface area (TPSA) is 84.2 Å². The average molecular weight is 416 g/mol. The summed E-state index contributed by atoms with van der Waals surface area (Å²) in [5, 5.41) is 4.46. The molecule has 158 valence electrons. The molecular weight excluding hydrogens is 392 g/mol. The van der Waals surface area contributed by atoms with Crippen LogP contribution in [0.2, 0.25) is 0 Å². The first kappa shape index (κ1) is 19.4. The highest BCUT2D eigenvalue weighted by Crippen LogP contribution is 2.42. The lowest BCUT2D eigenvalue weighted by molar-refractivity contribution is -0.120. The zero-order valence-electron chi connectivity index (χ0n) is 17.6. The fourth-order valence-electron chi connectivity index (χ4n) is 4.24. The van der Waals surface area contributed by atoms with E-state index in [-0.39, 0.29) is 23.8 Å². The van der Waals surface area contributed by atoms with Crippen LogP contribution < -0.4 is 9.80 Å². The molecule has 0 bridgehead atoms. The van der Waals surface area contributed by atoms with Crippen LogP contribution >= 0.6 is 0 Å². The van der Waals surface area contributed by atoms with Gasteiger partial charge in [0.05, 0.1) is 30.2 Å². The average Bonchev–Trinajstić information content (AvgIpc) is 3.52. The lowest BCUT2D eigenvalue weighted by Gasteiger charge is -2.41. The van der Waals surface area contributed by atoms with Gasteiger partial charge >= 0.3 is 0 Å². The number of amides is 2. The van der Waals surface area contributed by atoms with E-state index in [1.165, 1.54) is 6.33 Å². The molecule has 3 aromatic rings. The molecule has 0 radical (unpaired) electrons. The Morgan fingerprint density at radius 2 is 1.84 bits per heavy atom. The number of benzene rings is 1. The molecule has 5 rings (SSSR count). The van der Waals surface area contributed by atoms with E-state index >= 15 is 0 Å². The van der Waals surface area contributed by atoms with E-state index in [1.807, 2.05) is 47.1 Å². The van der Waals surface area contributed by atoms with Gasteiger partial charge in [0.15, 0.2) is 0 Å².